The minimum atomic E-state index is -3.05. The molecule has 12 rings (SSSR count). The van der Waals surface area contributed by atoms with Crippen LogP contribution in [-0.4, -0.2) is 178 Å². The number of hydrogen-bond donors (Lipinski definition) is 4. The van der Waals surface area contributed by atoms with E-state index in [0.29, 0.717) is 37.0 Å². The Hall–Kier alpha value is -7.57. The molecule has 4 fully saturated rings. The quantitative estimate of drug-likeness (QED) is 0.0282. The van der Waals surface area contributed by atoms with E-state index in [4.69, 9.17) is 18.9 Å². The van der Waals surface area contributed by atoms with Crippen molar-refractivity contribution in [2.24, 2.45) is 0 Å². The second kappa shape index (κ2) is 37.2. The van der Waals surface area contributed by atoms with Crippen LogP contribution in [0.4, 0.5) is 53.1 Å². The van der Waals surface area contributed by atoms with Gasteiger partial charge < -0.3 is 53.6 Å². The molecular weight excluding hydrogens is 1560 g/mol. The van der Waals surface area contributed by atoms with Crippen LogP contribution in [0.15, 0.2) is 116 Å². The molecule has 28 heteroatoms. The summed E-state index contributed by atoms with van der Waals surface area (Å²) >= 11 is 0. The van der Waals surface area contributed by atoms with Gasteiger partial charge in [-0.2, -0.15) is 0 Å². The fourth-order valence-electron chi connectivity index (χ4n) is 18.4. The molecule has 8 heterocycles. The first-order valence-corrected chi connectivity index (χ1v) is 52.0. The predicted octanol–water partition coefficient (Wildman–Crippen LogP) is 21.1. The van der Waals surface area contributed by atoms with Crippen molar-refractivity contribution < 1.29 is 72.0 Å². The number of H-pyrrole nitrogens is 4. The number of carbonyl (C=O) groups is 1. The number of alkyl halides is 8. The number of para-hydroxylation sites is 1. The highest BCUT2D eigenvalue weighted by Gasteiger charge is 2.47. The Balaban J connectivity index is 0.000000175. The molecule has 4 aliphatic rings. The molecule has 115 heavy (non-hydrogen) atoms. The summed E-state index contributed by atoms with van der Waals surface area (Å²) in [5.41, 5.74) is 7.87. The van der Waals surface area contributed by atoms with Gasteiger partial charge in [0.15, 0.2) is 44.1 Å². The van der Waals surface area contributed by atoms with Crippen LogP contribution in [0, 0.1) is 17.5 Å². The van der Waals surface area contributed by atoms with Crippen molar-refractivity contribution in [3.8, 4) is 0 Å². The molecule has 4 aromatic heterocycles. The summed E-state index contributed by atoms with van der Waals surface area (Å²) in [6.07, 6.45) is 1.41. The summed E-state index contributed by atoms with van der Waals surface area (Å²) in [6.45, 7) is 41.2. The Kier molecular flexibility index (Phi) is 29.5. The van der Waals surface area contributed by atoms with Crippen molar-refractivity contribution in [1.82, 2.24) is 39.5 Å². The zero-order valence-corrected chi connectivity index (χ0v) is 74.4. The smallest absolute Gasteiger partial charge is 0.410 e. The lowest BCUT2D eigenvalue weighted by Crippen LogP contribution is -2.54. The Bertz CT molecular complexity index is 4630. The first-order chi connectivity index (χ1) is 54.3. The topological polar surface area (TPSA) is 130 Å². The van der Waals surface area contributed by atoms with Gasteiger partial charge in [-0.05, 0) is 150 Å². The third-order valence-electron chi connectivity index (χ3n) is 26.4. The van der Waals surface area contributed by atoms with Crippen molar-refractivity contribution in [1.29, 1.82) is 0 Å². The fourth-order valence-corrected chi connectivity index (χ4v) is 33.8. The second-order valence-electron chi connectivity index (χ2n) is 32.6. The van der Waals surface area contributed by atoms with Crippen molar-refractivity contribution in [3.05, 3.63) is 156 Å². The van der Waals surface area contributed by atoms with Crippen molar-refractivity contribution in [2.45, 2.75) is 257 Å². The highest BCUT2D eigenvalue weighted by molar-refractivity contribution is 6.93. The number of fused-ring (bicyclic) bond motifs is 4. The molecule has 0 saturated carbocycles. The van der Waals surface area contributed by atoms with Gasteiger partial charge in [-0.15, -0.1) is 0 Å². The number of aromatic nitrogens is 4. The largest absolute Gasteiger partial charge is 0.473 e. The van der Waals surface area contributed by atoms with E-state index in [1.54, 1.807) is 41.0 Å². The summed E-state index contributed by atoms with van der Waals surface area (Å²) in [5.74, 6) is -11.7. The number of nitrogens with zero attached hydrogens (tertiary/aromatic N) is 4. The Morgan fingerprint density at radius 2 is 0.670 bits per heavy atom. The van der Waals surface area contributed by atoms with Gasteiger partial charge >= 0.3 is 6.09 Å². The molecule has 0 radical (unpaired) electrons. The number of ether oxygens (including phenoxy) is 4. The number of rotatable bonds is 28. The van der Waals surface area contributed by atoms with E-state index >= 15 is 0 Å². The molecule has 0 spiro atoms. The van der Waals surface area contributed by atoms with Gasteiger partial charge in [0, 0.05) is 89.0 Å². The Morgan fingerprint density at radius 1 is 0.365 bits per heavy atom. The Morgan fingerprint density at radius 3 is 1.09 bits per heavy atom. The van der Waals surface area contributed by atoms with Crippen LogP contribution in [0.5, 0.6) is 0 Å². The molecular formula is C87H123F11N8O5Si4. The Labute approximate surface area is 676 Å². The summed E-state index contributed by atoms with van der Waals surface area (Å²) in [6, 6.07) is 34.8. The van der Waals surface area contributed by atoms with Crippen LogP contribution in [0.3, 0.4) is 0 Å². The van der Waals surface area contributed by atoms with E-state index in [0.717, 1.165) is 119 Å². The first kappa shape index (κ1) is 91.3. The average Bonchev–Trinajstić information content (AvgIpc) is 1.62. The molecule has 13 nitrogen and oxygen atoms in total. The summed E-state index contributed by atoms with van der Waals surface area (Å²) in [7, 11) is -7.17. The van der Waals surface area contributed by atoms with Crippen molar-refractivity contribution >= 4 is 103 Å². The van der Waals surface area contributed by atoms with E-state index in [1.165, 1.54) is 68.9 Å². The van der Waals surface area contributed by atoms with E-state index < -0.39 is 114 Å². The lowest BCUT2D eigenvalue weighted by Gasteiger charge is -2.39. The minimum Gasteiger partial charge on any atom is -0.473 e. The summed E-state index contributed by atoms with van der Waals surface area (Å²) < 4.78 is 174. The van der Waals surface area contributed by atoms with Crippen molar-refractivity contribution in [2.75, 3.05) is 52.6 Å². The fraction of sp³-hybridized carbons (Fsp3) is 0.552. The standard InChI is InChI=1S/2C22H31F3N2OSi.C22H32F2N2OSi.C21H29F3N2O2Si/c1-6-29(7-2,8-3)21-19(18-12-17(23)9-10-20(18)26-21)11-15(4)27-13-22(24,25)14-28-16(27)5;1-6-29(7-2,8-3)21-17(20-18(23)10-9-11-19(20)26-21)12-15(4)27-13-22(24,25)14-28-16(27)5;1-6-28(7-2,8-3)21-19(18-11-9-10-12-20(18)25-21)13-16(4)26-14-22(23,24)15-27-17(26)5;1-5-29(6-2,7-3)19-17(16-9-8-15(22)11-18(16)25-19)10-14(4)26-12-21(23,24)13-28-20(26)27/h9-10,12,15,26H,5-8,11,13-14H2,1-4H3;9-11,15,26H,5-8,12-14H2,1-4H3;9-12,16,25H,5-8,13-15H2,1-4H3;8-9,11,14,25H,5-7,10,12-13H2,1-4H3/t2*15-;16-;14-/m1111/s1. The number of nitrogens with one attached hydrogen (secondary N) is 4. The predicted molar refractivity (Wildman–Crippen MR) is 456 cm³/mol. The van der Waals surface area contributed by atoms with E-state index in [-0.39, 0.29) is 53.9 Å². The van der Waals surface area contributed by atoms with Gasteiger partial charge in [-0.25, -0.2) is 53.1 Å². The maximum absolute atomic E-state index is 14.9. The lowest BCUT2D eigenvalue weighted by molar-refractivity contribution is -0.135. The molecule has 1 amide bonds. The molecule has 8 aromatic rings. The highest BCUT2D eigenvalue weighted by atomic mass is 28.3. The van der Waals surface area contributed by atoms with Crippen LogP contribution >= 0.6 is 0 Å². The van der Waals surface area contributed by atoms with Crippen LogP contribution in [0.25, 0.3) is 43.6 Å². The van der Waals surface area contributed by atoms with Crippen molar-refractivity contribution in [3.63, 3.8) is 0 Å². The molecule has 0 aliphatic carbocycles. The van der Waals surface area contributed by atoms with Crippen LogP contribution in [0.2, 0.25) is 72.5 Å². The highest BCUT2D eigenvalue weighted by Crippen LogP contribution is 2.38. The van der Waals surface area contributed by atoms with E-state index in [1.807, 2.05) is 32.9 Å². The van der Waals surface area contributed by atoms with Gasteiger partial charge in [0.05, 0.1) is 26.2 Å². The zero-order valence-electron chi connectivity index (χ0n) is 70.4. The first-order valence-electron chi connectivity index (χ1n) is 41.5. The molecule has 0 bridgehead atoms. The van der Waals surface area contributed by atoms with Crippen LogP contribution in [-0.2, 0) is 44.6 Å². The maximum Gasteiger partial charge on any atom is 0.410 e. The summed E-state index contributed by atoms with van der Waals surface area (Å²) in [5, 5.41) is 8.49. The molecule has 4 N–H and O–H groups in total. The molecule has 4 saturated heterocycles. The van der Waals surface area contributed by atoms with Crippen LogP contribution < -0.4 is 21.3 Å². The van der Waals surface area contributed by atoms with E-state index in [2.05, 4.69) is 141 Å². The average molecular weight is 1680 g/mol. The number of carbonyl (C=O) groups excluding carboxylic acids is 1. The molecule has 4 aliphatic heterocycles. The number of aromatic amines is 4. The number of halogens is 11. The lowest BCUT2D eigenvalue weighted by atomic mass is 10.0. The zero-order chi connectivity index (χ0) is 84.7. The summed E-state index contributed by atoms with van der Waals surface area (Å²) in [4.78, 5) is 32.3. The SMILES string of the molecule is C=C1OCC(F)(F)CN1[C@H](C)Cc1c([Si](CC)(CC)CC)[nH]c2ccc(F)cc12.C=C1OCC(F)(F)CN1[C@H](C)Cc1c([Si](CC)(CC)CC)[nH]c2cccc(F)c12.C=C1OCC(F)(F)CN1[C@H](C)Cc1c([Si](CC)(CC)CC)[nH]c2ccccc12.CC[Si](CC)(CC)c1[nH]c2cc(F)ccc2c1C[C@@H](C)N1CC(F)(F)COC1=O. The number of benzene rings is 4. The van der Waals surface area contributed by atoms with Crippen LogP contribution in [0.1, 0.15) is 133 Å². The monoisotopic (exact) mass is 1680 g/mol. The van der Waals surface area contributed by atoms with Gasteiger partial charge in [-0.3, -0.25) is 4.90 Å². The van der Waals surface area contributed by atoms with Gasteiger partial charge in [0.1, 0.15) is 49.7 Å². The maximum atomic E-state index is 14.9. The minimum absolute atomic E-state index is 0.117. The number of hydrogen-bond acceptors (Lipinski definition) is 8. The normalized spacial score (nSPS) is 18.2. The molecule has 0 unspecified atom stereocenters. The molecule has 4 aromatic carbocycles. The molecule has 634 valence electrons. The van der Waals surface area contributed by atoms with Gasteiger partial charge in [0.25, 0.3) is 23.7 Å². The third-order valence-corrected chi connectivity index (χ3v) is 48.5. The number of amides is 1. The second-order valence-corrected chi connectivity index (χ2v) is 53.3. The number of cyclic esters (lactones) is 1. The van der Waals surface area contributed by atoms with Gasteiger partial charge in [-0.1, -0.05) is 180 Å². The molecule has 4 atom stereocenters. The van der Waals surface area contributed by atoms with E-state index in [9.17, 15) is 53.1 Å². The third kappa shape index (κ3) is 19.6. The van der Waals surface area contributed by atoms with Gasteiger partial charge in [0.2, 0.25) is 0 Å².